The van der Waals surface area contributed by atoms with Crippen molar-refractivity contribution in [2.24, 2.45) is 0 Å². The second-order valence-electron chi connectivity index (χ2n) is 3.81. The van der Waals surface area contributed by atoms with Crippen LogP contribution >= 0.6 is 0 Å². The van der Waals surface area contributed by atoms with Gasteiger partial charge in [0.15, 0.2) is 0 Å². The average molecular weight is 240 g/mol. The van der Waals surface area contributed by atoms with Gasteiger partial charge in [-0.3, -0.25) is 0 Å². The predicted molar refractivity (Wildman–Crippen MR) is 54.0 cm³/mol. The molecule has 0 aromatic heterocycles. The standard InChI is InChI=1S/C10H13BF3.K/c1-7(2)9-6-4-5-8(3)10(9)11(12,13)14;/h4-7H,1-3H3;/q-1;+1. The minimum absolute atomic E-state index is 0. The minimum atomic E-state index is -4.89. The van der Waals surface area contributed by atoms with Crippen LogP contribution in [-0.4, -0.2) is 6.98 Å². The minimum Gasteiger partial charge on any atom is -0.445 e. The van der Waals surface area contributed by atoms with Gasteiger partial charge in [-0.1, -0.05) is 43.2 Å². The van der Waals surface area contributed by atoms with Crippen LogP contribution < -0.4 is 56.8 Å². The van der Waals surface area contributed by atoms with Crippen molar-refractivity contribution in [3.05, 3.63) is 29.3 Å². The molecule has 0 fully saturated rings. The summed E-state index contributed by atoms with van der Waals surface area (Å²) in [5.74, 6) is -0.0894. The van der Waals surface area contributed by atoms with Gasteiger partial charge >= 0.3 is 58.4 Å². The maximum absolute atomic E-state index is 12.7. The van der Waals surface area contributed by atoms with Crippen molar-refractivity contribution in [3.63, 3.8) is 0 Å². The van der Waals surface area contributed by atoms with E-state index in [4.69, 9.17) is 0 Å². The van der Waals surface area contributed by atoms with Crippen molar-refractivity contribution in [3.8, 4) is 0 Å². The van der Waals surface area contributed by atoms with Crippen molar-refractivity contribution in [1.82, 2.24) is 0 Å². The third-order valence-corrected chi connectivity index (χ3v) is 2.31. The SMILES string of the molecule is Cc1cccc(C(C)C)c1[B-](F)(F)F.[K+]. The molecule has 0 atom stereocenters. The van der Waals surface area contributed by atoms with Crippen molar-refractivity contribution >= 4 is 12.4 Å². The van der Waals surface area contributed by atoms with E-state index >= 15 is 0 Å². The molecule has 0 aliphatic carbocycles. The third-order valence-electron chi connectivity index (χ3n) is 2.31. The summed E-state index contributed by atoms with van der Waals surface area (Å²) < 4.78 is 38.2. The maximum atomic E-state index is 12.7. The van der Waals surface area contributed by atoms with E-state index in [9.17, 15) is 12.9 Å². The second kappa shape index (κ2) is 5.87. The number of benzene rings is 1. The molecule has 0 unspecified atom stereocenters. The number of hydrogen-bond donors (Lipinski definition) is 0. The molecule has 0 spiro atoms. The van der Waals surface area contributed by atoms with E-state index in [1.165, 1.54) is 13.0 Å². The molecule has 0 amide bonds. The van der Waals surface area contributed by atoms with Crippen molar-refractivity contribution in [2.75, 3.05) is 0 Å². The Kier molecular flexibility index (Phi) is 6.15. The molecule has 1 rings (SSSR count). The zero-order valence-electron chi connectivity index (χ0n) is 9.52. The van der Waals surface area contributed by atoms with Crippen molar-refractivity contribution in [2.45, 2.75) is 26.7 Å². The van der Waals surface area contributed by atoms with Gasteiger partial charge in [-0.05, 0) is 12.8 Å². The van der Waals surface area contributed by atoms with Crippen LogP contribution in [0.15, 0.2) is 18.2 Å². The summed E-state index contributed by atoms with van der Waals surface area (Å²) in [6.45, 7) is 0.173. The summed E-state index contributed by atoms with van der Waals surface area (Å²) in [4.78, 5) is 0. The van der Waals surface area contributed by atoms with Gasteiger partial charge < -0.3 is 12.9 Å². The van der Waals surface area contributed by atoms with Crippen LogP contribution in [0.2, 0.25) is 0 Å². The van der Waals surface area contributed by atoms with Gasteiger partial charge in [0.05, 0.1) is 0 Å². The van der Waals surface area contributed by atoms with Crippen LogP contribution in [-0.2, 0) is 0 Å². The number of aryl methyl sites for hydroxylation is 1. The van der Waals surface area contributed by atoms with Gasteiger partial charge in [0.1, 0.15) is 0 Å². The Morgan fingerprint density at radius 3 is 2.00 bits per heavy atom. The predicted octanol–water partition coefficient (Wildman–Crippen LogP) is 0.177. The molecule has 78 valence electrons. The quantitative estimate of drug-likeness (QED) is 0.647. The molecule has 0 N–H and O–H groups in total. The molecule has 1 aromatic rings. The summed E-state index contributed by atoms with van der Waals surface area (Å²) in [6.07, 6.45) is 0. The summed E-state index contributed by atoms with van der Waals surface area (Å²) >= 11 is 0. The average Bonchev–Trinajstić information content (AvgIpc) is 2.01. The van der Waals surface area contributed by atoms with E-state index in [2.05, 4.69) is 0 Å². The molecule has 0 saturated heterocycles. The largest absolute Gasteiger partial charge is 1.00 e. The van der Waals surface area contributed by atoms with Gasteiger partial charge in [0.2, 0.25) is 0 Å². The van der Waals surface area contributed by atoms with E-state index in [-0.39, 0.29) is 57.3 Å². The first-order chi connectivity index (χ1) is 6.34. The van der Waals surface area contributed by atoms with Gasteiger partial charge in [-0.25, -0.2) is 0 Å². The first-order valence-corrected chi connectivity index (χ1v) is 4.63. The Hall–Kier alpha value is 0.711. The molecule has 0 aliphatic heterocycles. The zero-order chi connectivity index (χ0) is 10.9. The Labute approximate surface area is 131 Å². The van der Waals surface area contributed by atoms with Gasteiger partial charge in [-0.15, -0.1) is 5.46 Å². The van der Waals surface area contributed by atoms with Gasteiger partial charge in [0, 0.05) is 0 Å². The number of hydrogen-bond acceptors (Lipinski definition) is 0. The Bertz CT molecular complexity index is 334. The van der Waals surface area contributed by atoms with Crippen LogP contribution in [0.4, 0.5) is 12.9 Å². The fraction of sp³-hybridized carbons (Fsp3) is 0.400. The molecule has 0 nitrogen and oxygen atoms in total. The van der Waals surface area contributed by atoms with Crippen LogP contribution in [0.3, 0.4) is 0 Å². The number of rotatable bonds is 2. The molecule has 15 heavy (non-hydrogen) atoms. The van der Waals surface area contributed by atoms with Gasteiger partial charge in [-0.2, -0.15) is 0 Å². The molecular formula is C10H13BF3K. The van der Waals surface area contributed by atoms with E-state index in [1.54, 1.807) is 26.0 Å². The molecule has 0 heterocycles. The molecule has 1 aromatic carbocycles. The summed E-state index contributed by atoms with van der Waals surface area (Å²) in [6, 6.07) is 4.74. The first-order valence-electron chi connectivity index (χ1n) is 4.63. The van der Waals surface area contributed by atoms with Crippen molar-refractivity contribution in [1.29, 1.82) is 0 Å². The van der Waals surface area contributed by atoms with E-state index in [0.29, 0.717) is 11.1 Å². The Balaban J connectivity index is 0.00000196. The first kappa shape index (κ1) is 15.7. The smallest absolute Gasteiger partial charge is 0.445 e. The fourth-order valence-corrected chi connectivity index (χ4v) is 1.65. The summed E-state index contributed by atoms with van der Waals surface area (Å²) in [5, 5.41) is 0. The molecule has 0 saturated carbocycles. The van der Waals surface area contributed by atoms with Crippen LogP contribution in [0.25, 0.3) is 0 Å². The Morgan fingerprint density at radius 2 is 1.67 bits per heavy atom. The molecule has 0 bridgehead atoms. The van der Waals surface area contributed by atoms with Crippen LogP contribution in [0.5, 0.6) is 0 Å². The normalized spacial score (nSPS) is 11.4. The van der Waals surface area contributed by atoms with E-state index in [0.717, 1.165) is 0 Å². The van der Waals surface area contributed by atoms with E-state index in [1.807, 2.05) is 0 Å². The molecule has 0 aliphatic rings. The second-order valence-corrected chi connectivity index (χ2v) is 3.81. The Morgan fingerprint density at radius 1 is 1.13 bits per heavy atom. The third kappa shape index (κ3) is 3.89. The maximum Gasteiger partial charge on any atom is 1.00 e. The van der Waals surface area contributed by atoms with Crippen LogP contribution in [0, 0.1) is 6.92 Å². The molecule has 5 heteroatoms. The monoisotopic (exact) mass is 240 g/mol. The number of halogens is 3. The van der Waals surface area contributed by atoms with E-state index < -0.39 is 12.4 Å². The molecule has 0 radical (unpaired) electrons. The van der Waals surface area contributed by atoms with Crippen LogP contribution in [0.1, 0.15) is 30.9 Å². The summed E-state index contributed by atoms with van der Waals surface area (Å²) in [5.41, 5.74) is 0.309. The topological polar surface area (TPSA) is 0 Å². The molecular weight excluding hydrogens is 227 g/mol. The summed E-state index contributed by atoms with van der Waals surface area (Å²) in [7, 11) is 0. The van der Waals surface area contributed by atoms with Gasteiger partial charge in [0.25, 0.3) is 0 Å². The zero-order valence-corrected chi connectivity index (χ0v) is 12.6. The fourth-order valence-electron chi connectivity index (χ4n) is 1.65. The van der Waals surface area contributed by atoms with Crippen molar-refractivity contribution < 1.29 is 64.3 Å².